The van der Waals surface area contributed by atoms with Gasteiger partial charge in [-0.05, 0) is 17.4 Å². The predicted octanol–water partition coefficient (Wildman–Crippen LogP) is 2.29. The fraction of sp³-hybridized carbons (Fsp3) is 0.409. The summed E-state index contributed by atoms with van der Waals surface area (Å²) in [6.07, 6.45) is 1.10. The number of hydrogen-bond donors (Lipinski definition) is 1. The van der Waals surface area contributed by atoms with Gasteiger partial charge in [0.1, 0.15) is 5.70 Å². The van der Waals surface area contributed by atoms with E-state index in [1.54, 1.807) is 0 Å². The lowest BCUT2D eigenvalue weighted by Crippen LogP contribution is -2.51. The van der Waals surface area contributed by atoms with Crippen molar-refractivity contribution in [3.8, 4) is 0 Å². The number of benzene rings is 1. The van der Waals surface area contributed by atoms with Crippen molar-refractivity contribution in [1.29, 1.82) is 0 Å². The van der Waals surface area contributed by atoms with E-state index in [-0.39, 0.29) is 22.7 Å². The van der Waals surface area contributed by atoms with Crippen LogP contribution in [0, 0.1) is 5.41 Å². The fourth-order valence-corrected chi connectivity index (χ4v) is 4.59. The number of allylic oxidation sites excluding steroid dienone is 2. The number of methoxy groups -OCH3 is 1. The molecule has 0 aromatic heterocycles. The third-order valence-corrected chi connectivity index (χ3v) is 5.70. The highest BCUT2D eigenvalue weighted by Gasteiger charge is 2.48. The molecule has 1 fully saturated rings. The van der Waals surface area contributed by atoms with Crippen LogP contribution in [0.2, 0.25) is 0 Å². The molecule has 1 saturated heterocycles. The molecule has 1 atom stereocenters. The van der Waals surface area contributed by atoms with E-state index in [0.717, 1.165) is 11.3 Å². The van der Waals surface area contributed by atoms with Gasteiger partial charge in [-0.25, -0.2) is 4.79 Å². The Morgan fingerprint density at radius 3 is 2.57 bits per heavy atom. The minimum absolute atomic E-state index is 0.0338. The van der Waals surface area contributed by atoms with Crippen LogP contribution in [0.3, 0.4) is 0 Å². The first-order valence-corrected chi connectivity index (χ1v) is 9.53. The van der Waals surface area contributed by atoms with Crippen LogP contribution < -0.4 is 5.32 Å². The summed E-state index contributed by atoms with van der Waals surface area (Å²) in [5.74, 6) is -1.43. The highest BCUT2D eigenvalue weighted by atomic mass is 16.5. The summed E-state index contributed by atoms with van der Waals surface area (Å²) >= 11 is 0. The summed E-state index contributed by atoms with van der Waals surface area (Å²) in [5, 5.41) is 2.84. The van der Waals surface area contributed by atoms with Crippen LogP contribution in [0.1, 0.15) is 38.2 Å². The van der Waals surface area contributed by atoms with Crippen LogP contribution in [0.4, 0.5) is 0 Å². The van der Waals surface area contributed by atoms with Gasteiger partial charge in [-0.15, -0.1) is 0 Å². The third-order valence-electron chi connectivity index (χ3n) is 5.70. The van der Waals surface area contributed by atoms with Gasteiger partial charge in [0.05, 0.1) is 12.7 Å². The molecule has 0 radical (unpaired) electrons. The molecule has 6 nitrogen and oxygen atoms in total. The molecule has 0 spiro atoms. The van der Waals surface area contributed by atoms with Gasteiger partial charge in [-0.2, -0.15) is 0 Å². The topological polar surface area (TPSA) is 75.7 Å². The summed E-state index contributed by atoms with van der Waals surface area (Å²) < 4.78 is 5.06. The Labute approximate surface area is 164 Å². The summed E-state index contributed by atoms with van der Waals surface area (Å²) in [7, 11) is 1.30. The second-order valence-corrected chi connectivity index (χ2v) is 8.31. The molecule has 6 heteroatoms. The number of amides is 1. The first-order chi connectivity index (χ1) is 13.3. The van der Waals surface area contributed by atoms with Gasteiger partial charge in [0, 0.05) is 36.7 Å². The van der Waals surface area contributed by atoms with Crippen LogP contribution in [-0.2, 0) is 19.1 Å². The minimum Gasteiger partial charge on any atom is -0.466 e. The third kappa shape index (κ3) is 2.84. The normalized spacial score (nSPS) is 23.8. The van der Waals surface area contributed by atoms with E-state index in [1.807, 2.05) is 35.2 Å². The molecule has 1 N–H and O–H groups in total. The Hall–Kier alpha value is -2.89. The molecule has 1 amide bonds. The number of nitrogens with zero attached hydrogens (tertiary/aromatic N) is 1. The summed E-state index contributed by atoms with van der Waals surface area (Å²) in [4.78, 5) is 40.8. The van der Waals surface area contributed by atoms with E-state index in [1.165, 1.54) is 7.11 Å². The van der Waals surface area contributed by atoms with Crippen molar-refractivity contribution in [2.24, 2.45) is 5.41 Å². The number of ether oxygens (including phenoxy) is 1. The van der Waals surface area contributed by atoms with Crippen LogP contribution in [0.5, 0.6) is 0 Å². The number of fused-ring (bicyclic) bond motifs is 2. The van der Waals surface area contributed by atoms with Gasteiger partial charge >= 0.3 is 5.97 Å². The first kappa shape index (κ1) is 18.5. The number of carbonyl (C=O) groups is 3. The molecule has 28 heavy (non-hydrogen) atoms. The minimum atomic E-state index is -0.595. The van der Waals surface area contributed by atoms with Crippen molar-refractivity contribution in [3.63, 3.8) is 0 Å². The Bertz CT molecular complexity index is 927. The quantitative estimate of drug-likeness (QED) is 0.797. The number of hydrogen-bond acceptors (Lipinski definition) is 5. The smallest absolute Gasteiger partial charge is 0.337 e. The maximum Gasteiger partial charge on any atom is 0.337 e. The monoisotopic (exact) mass is 380 g/mol. The van der Waals surface area contributed by atoms with Gasteiger partial charge < -0.3 is 15.0 Å². The number of esters is 1. The molecule has 1 aromatic carbocycles. The van der Waals surface area contributed by atoms with Gasteiger partial charge in [0.25, 0.3) is 5.91 Å². The van der Waals surface area contributed by atoms with Gasteiger partial charge in [0.2, 0.25) is 0 Å². The van der Waals surface area contributed by atoms with Gasteiger partial charge in [-0.3, -0.25) is 9.59 Å². The van der Waals surface area contributed by atoms with E-state index in [9.17, 15) is 14.4 Å². The Kier molecular flexibility index (Phi) is 4.37. The average molecular weight is 380 g/mol. The molecule has 1 aromatic rings. The maximum atomic E-state index is 13.3. The zero-order valence-corrected chi connectivity index (χ0v) is 16.4. The van der Waals surface area contributed by atoms with Crippen molar-refractivity contribution in [3.05, 3.63) is 58.4 Å². The zero-order valence-electron chi connectivity index (χ0n) is 16.4. The average Bonchev–Trinajstić information content (AvgIpc) is 2.66. The van der Waals surface area contributed by atoms with E-state index < -0.39 is 11.9 Å². The van der Waals surface area contributed by atoms with E-state index in [2.05, 4.69) is 19.2 Å². The molecule has 0 saturated carbocycles. The lowest BCUT2D eigenvalue weighted by atomic mass is 9.68. The van der Waals surface area contributed by atoms with Gasteiger partial charge in [0.15, 0.2) is 5.78 Å². The summed E-state index contributed by atoms with van der Waals surface area (Å²) in [6.45, 7) is 5.13. The molecule has 0 bridgehead atoms. The number of piperazine rings is 1. The first-order valence-electron chi connectivity index (χ1n) is 9.53. The number of Topliss-reactive ketones (excluding diaryl/α,β-unsaturated/α-hetero) is 1. The van der Waals surface area contributed by atoms with Crippen molar-refractivity contribution < 1.29 is 19.1 Å². The lowest BCUT2D eigenvalue weighted by molar-refractivity contribution is -0.137. The van der Waals surface area contributed by atoms with Gasteiger partial charge in [-0.1, -0.05) is 44.2 Å². The standard InChI is InChI=1S/C22H24N2O4/c1-22(2)11-14-17(15(25)12-22)16(13-7-5-4-6-8-13)18(21(27)28-3)19-20(26)23-9-10-24(14)19/h4-8,16H,9-12H2,1-3H3,(H,23,26)/t16-/m0/s1. The van der Waals surface area contributed by atoms with Crippen LogP contribution in [0.25, 0.3) is 0 Å². The number of rotatable bonds is 2. The molecular formula is C22H24N2O4. The molecule has 4 rings (SSSR count). The van der Waals surface area contributed by atoms with Crippen LogP contribution >= 0.6 is 0 Å². The summed E-state index contributed by atoms with van der Waals surface area (Å²) in [6, 6.07) is 9.42. The highest BCUT2D eigenvalue weighted by molar-refractivity contribution is 6.09. The molecule has 3 aliphatic rings. The fourth-order valence-electron chi connectivity index (χ4n) is 4.59. The molecule has 146 valence electrons. The second kappa shape index (κ2) is 6.62. The van der Waals surface area contributed by atoms with Crippen molar-refractivity contribution >= 4 is 17.7 Å². The molecule has 2 aliphatic heterocycles. The SMILES string of the molecule is COC(=O)C1=C2C(=O)NCCN2C2=C(C(=O)CC(C)(C)C2)[C@@H]1c1ccccc1. The molecule has 0 unspecified atom stereocenters. The van der Waals surface area contributed by atoms with Crippen LogP contribution in [-0.4, -0.2) is 42.8 Å². The maximum absolute atomic E-state index is 13.3. The van der Waals surface area contributed by atoms with E-state index in [0.29, 0.717) is 37.2 Å². The highest BCUT2D eigenvalue weighted by Crippen LogP contribution is 2.50. The molecule has 2 heterocycles. The second-order valence-electron chi connectivity index (χ2n) is 8.31. The van der Waals surface area contributed by atoms with Crippen LogP contribution in [0.15, 0.2) is 52.9 Å². The largest absolute Gasteiger partial charge is 0.466 e. The Morgan fingerprint density at radius 2 is 1.89 bits per heavy atom. The number of ketones is 1. The van der Waals surface area contributed by atoms with Crippen molar-refractivity contribution in [2.45, 2.75) is 32.6 Å². The summed E-state index contributed by atoms with van der Waals surface area (Å²) in [5.41, 5.74) is 2.68. The van der Waals surface area contributed by atoms with E-state index in [4.69, 9.17) is 4.74 Å². The number of carbonyl (C=O) groups excluding carboxylic acids is 3. The predicted molar refractivity (Wildman–Crippen MR) is 103 cm³/mol. The Morgan fingerprint density at radius 1 is 1.18 bits per heavy atom. The number of nitrogens with one attached hydrogen (secondary N) is 1. The molecule has 1 aliphatic carbocycles. The molecular weight excluding hydrogens is 356 g/mol. The van der Waals surface area contributed by atoms with Crippen molar-refractivity contribution in [1.82, 2.24) is 10.2 Å². The Balaban J connectivity index is 2.02. The lowest BCUT2D eigenvalue weighted by Gasteiger charge is -2.46. The van der Waals surface area contributed by atoms with Crippen molar-refractivity contribution in [2.75, 3.05) is 20.2 Å². The zero-order chi connectivity index (χ0) is 20.1. The van der Waals surface area contributed by atoms with E-state index >= 15 is 0 Å².